The molecule has 128 valence electrons. The first-order valence-electron chi connectivity index (χ1n) is 7.85. The maximum absolute atomic E-state index is 12.3. The van der Waals surface area contributed by atoms with E-state index in [1.165, 1.54) is 11.8 Å². The second-order valence-electron chi connectivity index (χ2n) is 5.60. The van der Waals surface area contributed by atoms with Crippen LogP contribution in [-0.2, 0) is 9.53 Å². The number of thioether (sulfide) groups is 1. The maximum atomic E-state index is 12.3. The highest BCUT2D eigenvalue weighted by molar-refractivity contribution is 8.00. The second-order valence-corrected chi connectivity index (χ2v) is 7.35. The zero-order valence-corrected chi connectivity index (χ0v) is 14.9. The minimum absolute atomic E-state index is 0.0313. The van der Waals surface area contributed by atoms with Gasteiger partial charge in [0, 0.05) is 18.2 Å². The molecule has 1 fully saturated rings. The third kappa shape index (κ3) is 4.28. The number of carbonyl (C=O) groups is 1. The van der Waals surface area contributed by atoms with Crippen LogP contribution in [0.25, 0.3) is 5.69 Å². The van der Waals surface area contributed by atoms with Crippen molar-refractivity contribution in [1.82, 2.24) is 20.1 Å². The predicted octanol–water partition coefficient (Wildman–Crippen LogP) is 2.70. The average Bonchev–Trinajstić information content (AvgIpc) is 3.24. The number of benzene rings is 1. The van der Waals surface area contributed by atoms with Crippen molar-refractivity contribution in [2.45, 2.75) is 36.3 Å². The van der Waals surface area contributed by atoms with Gasteiger partial charge >= 0.3 is 0 Å². The summed E-state index contributed by atoms with van der Waals surface area (Å²) in [4.78, 5) is 12.3. The summed E-state index contributed by atoms with van der Waals surface area (Å²) in [5.74, 6) is -0.0313. The fourth-order valence-electron chi connectivity index (χ4n) is 2.48. The minimum Gasteiger partial charge on any atom is -0.376 e. The Morgan fingerprint density at radius 3 is 3.21 bits per heavy atom. The lowest BCUT2D eigenvalue weighted by Gasteiger charge is -2.15. The summed E-state index contributed by atoms with van der Waals surface area (Å²) >= 11 is 7.40. The Morgan fingerprint density at radius 1 is 1.58 bits per heavy atom. The zero-order chi connectivity index (χ0) is 16.9. The van der Waals surface area contributed by atoms with Crippen molar-refractivity contribution in [3.8, 4) is 5.69 Å². The van der Waals surface area contributed by atoms with Gasteiger partial charge in [-0.05, 0) is 38.0 Å². The number of carbonyl (C=O) groups excluding carboxylic acids is 1. The van der Waals surface area contributed by atoms with Gasteiger partial charge in [-0.15, -0.1) is 10.2 Å². The number of amides is 1. The molecule has 6 nitrogen and oxygen atoms in total. The summed E-state index contributed by atoms with van der Waals surface area (Å²) in [5.41, 5.74) is 0.863. The Balaban J connectivity index is 1.61. The molecule has 0 spiro atoms. The monoisotopic (exact) mass is 366 g/mol. The van der Waals surface area contributed by atoms with Crippen molar-refractivity contribution in [1.29, 1.82) is 0 Å². The molecule has 1 aliphatic heterocycles. The molecule has 0 aliphatic carbocycles. The summed E-state index contributed by atoms with van der Waals surface area (Å²) < 4.78 is 7.34. The van der Waals surface area contributed by atoms with Gasteiger partial charge in [-0.25, -0.2) is 0 Å². The number of ether oxygens (including phenoxy) is 1. The molecular formula is C16H19ClN4O2S. The van der Waals surface area contributed by atoms with Gasteiger partial charge in [0.15, 0.2) is 5.16 Å². The number of halogens is 1. The number of aromatic nitrogens is 3. The SMILES string of the molecule is CC(Sc1nncn1-c1cccc(Cl)c1)C(=O)NCC1CCCO1. The van der Waals surface area contributed by atoms with Crippen LogP contribution in [0.3, 0.4) is 0 Å². The Morgan fingerprint density at radius 2 is 2.46 bits per heavy atom. The predicted molar refractivity (Wildman–Crippen MR) is 93.7 cm³/mol. The van der Waals surface area contributed by atoms with Crippen LogP contribution in [0.1, 0.15) is 19.8 Å². The van der Waals surface area contributed by atoms with E-state index < -0.39 is 0 Å². The first-order valence-corrected chi connectivity index (χ1v) is 9.11. The quantitative estimate of drug-likeness (QED) is 0.796. The maximum Gasteiger partial charge on any atom is 0.233 e. The van der Waals surface area contributed by atoms with Crippen LogP contribution < -0.4 is 5.32 Å². The molecule has 2 aromatic rings. The van der Waals surface area contributed by atoms with Gasteiger partial charge in [-0.3, -0.25) is 9.36 Å². The van der Waals surface area contributed by atoms with Crippen molar-refractivity contribution in [2.24, 2.45) is 0 Å². The van der Waals surface area contributed by atoms with Gasteiger partial charge in [0.25, 0.3) is 0 Å². The van der Waals surface area contributed by atoms with E-state index in [1.807, 2.05) is 35.8 Å². The summed E-state index contributed by atoms with van der Waals surface area (Å²) in [6, 6.07) is 7.42. The van der Waals surface area contributed by atoms with Crippen LogP contribution in [0, 0.1) is 0 Å². The minimum atomic E-state index is -0.284. The lowest BCUT2D eigenvalue weighted by atomic mass is 10.2. The van der Waals surface area contributed by atoms with Crippen LogP contribution in [0.2, 0.25) is 5.02 Å². The van der Waals surface area contributed by atoms with Gasteiger partial charge in [-0.1, -0.05) is 29.4 Å². The van der Waals surface area contributed by atoms with Crippen LogP contribution in [0.5, 0.6) is 0 Å². The van der Waals surface area contributed by atoms with Crippen molar-refractivity contribution in [3.63, 3.8) is 0 Å². The lowest BCUT2D eigenvalue weighted by molar-refractivity contribution is -0.120. The van der Waals surface area contributed by atoms with Crippen molar-refractivity contribution in [3.05, 3.63) is 35.6 Å². The Hall–Kier alpha value is -1.57. The molecule has 0 saturated carbocycles. The smallest absolute Gasteiger partial charge is 0.233 e. The highest BCUT2D eigenvalue weighted by Gasteiger charge is 2.21. The molecule has 1 amide bonds. The number of nitrogens with one attached hydrogen (secondary N) is 1. The number of hydrogen-bond donors (Lipinski definition) is 1. The van der Waals surface area contributed by atoms with E-state index in [4.69, 9.17) is 16.3 Å². The summed E-state index contributed by atoms with van der Waals surface area (Å²) in [6.07, 6.45) is 3.82. The Kier molecular flexibility index (Phi) is 5.76. The molecular weight excluding hydrogens is 348 g/mol. The van der Waals surface area contributed by atoms with E-state index in [2.05, 4.69) is 15.5 Å². The van der Waals surface area contributed by atoms with Crippen LogP contribution in [-0.4, -0.2) is 45.2 Å². The van der Waals surface area contributed by atoms with E-state index in [0.29, 0.717) is 16.7 Å². The fraction of sp³-hybridized carbons (Fsp3) is 0.438. The number of nitrogens with zero attached hydrogens (tertiary/aromatic N) is 3. The molecule has 1 aromatic heterocycles. The molecule has 3 rings (SSSR count). The molecule has 1 aliphatic rings. The van der Waals surface area contributed by atoms with Crippen molar-refractivity contribution >= 4 is 29.3 Å². The number of rotatable bonds is 6. The van der Waals surface area contributed by atoms with E-state index in [9.17, 15) is 4.79 Å². The molecule has 24 heavy (non-hydrogen) atoms. The van der Waals surface area contributed by atoms with Gasteiger partial charge in [0.05, 0.1) is 17.0 Å². The van der Waals surface area contributed by atoms with Crippen molar-refractivity contribution in [2.75, 3.05) is 13.2 Å². The summed E-state index contributed by atoms with van der Waals surface area (Å²) in [5, 5.41) is 12.0. The standard InChI is InChI=1S/C16H19ClN4O2S/c1-11(15(22)18-9-14-6-3-7-23-14)24-16-20-19-10-21(16)13-5-2-4-12(17)8-13/h2,4-5,8,10-11,14H,3,6-7,9H2,1H3,(H,18,22). The molecule has 2 unspecified atom stereocenters. The van der Waals surface area contributed by atoms with Gasteiger partial charge in [0.2, 0.25) is 5.91 Å². The van der Waals surface area contributed by atoms with Crippen LogP contribution >= 0.6 is 23.4 Å². The van der Waals surface area contributed by atoms with Crippen LogP contribution in [0.4, 0.5) is 0 Å². The van der Waals surface area contributed by atoms with E-state index in [1.54, 1.807) is 6.33 Å². The Labute approximate surface area is 149 Å². The first kappa shape index (κ1) is 17.3. The van der Waals surface area contributed by atoms with Crippen LogP contribution in [0.15, 0.2) is 35.7 Å². The Bertz CT molecular complexity index is 703. The van der Waals surface area contributed by atoms with E-state index >= 15 is 0 Å². The van der Waals surface area contributed by atoms with E-state index in [0.717, 1.165) is 25.1 Å². The summed E-state index contributed by atoms with van der Waals surface area (Å²) in [7, 11) is 0. The summed E-state index contributed by atoms with van der Waals surface area (Å²) in [6.45, 7) is 3.20. The molecule has 1 aromatic carbocycles. The van der Waals surface area contributed by atoms with Crippen molar-refractivity contribution < 1.29 is 9.53 Å². The van der Waals surface area contributed by atoms with Gasteiger partial charge in [0.1, 0.15) is 6.33 Å². The van der Waals surface area contributed by atoms with E-state index in [-0.39, 0.29) is 17.3 Å². The topological polar surface area (TPSA) is 69.0 Å². The lowest BCUT2D eigenvalue weighted by Crippen LogP contribution is -2.36. The largest absolute Gasteiger partial charge is 0.376 e. The van der Waals surface area contributed by atoms with Gasteiger partial charge < -0.3 is 10.1 Å². The molecule has 2 atom stereocenters. The molecule has 1 N–H and O–H groups in total. The average molecular weight is 367 g/mol. The zero-order valence-electron chi connectivity index (χ0n) is 13.3. The molecule has 1 saturated heterocycles. The third-order valence-corrected chi connectivity index (χ3v) is 5.07. The second kappa shape index (κ2) is 8.00. The highest BCUT2D eigenvalue weighted by Crippen LogP contribution is 2.25. The molecule has 2 heterocycles. The van der Waals surface area contributed by atoms with Gasteiger partial charge in [-0.2, -0.15) is 0 Å². The fourth-order valence-corrected chi connectivity index (χ4v) is 3.53. The number of hydrogen-bond acceptors (Lipinski definition) is 5. The molecule has 8 heteroatoms. The normalized spacial score (nSPS) is 18.5. The first-order chi connectivity index (χ1) is 11.6. The molecule has 0 bridgehead atoms. The molecule has 0 radical (unpaired) electrons. The highest BCUT2D eigenvalue weighted by atomic mass is 35.5. The third-order valence-electron chi connectivity index (χ3n) is 3.78.